The fourth-order valence-electron chi connectivity index (χ4n) is 1.86. The highest BCUT2D eigenvalue weighted by molar-refractivity contribution is 5.90. The number of carboxylic acid groups (broad SMARTS) is 1. The van der Waals surface area contributed by atoms with E-state index in [2.05, 4.69) is 10.1 Å². The van der Waals surface area contributed by atoms with Gasteiger partial charge in [0.1, 0.15) is 5.92 Å². The van der Waals surface area contributed by atoms with Gasteiger partial charge in [0.25, 0.3) is 11.7 Å². The number of hydrogen-bond donors (Lipinski definition) is 1. The fourth-order valence-corrected chi connectivity index (χ4v) is 1.86. The molecule has 98 valence electrons. The fraction of sp³-hybridized carbons (Fsp3) is 0.600. The number of rotatable bonds is 3. The SMILES string of the molecule is Cc1nc(C(=O)N(C)C2COCC2C(=O)O)no1. The van der Waals surface area contributed by atoms with E-state index in [-0.39, 0.29) is 24.9 Å². The van der Waals surface area contributed by atoms with Gasteiger partial charge in [-0.1, -0.05) is 5.16 Å². The van der Waals surface area contributed by atoms with Gasteiger partial charge in [-0.15, -0.1) is 0 Å². The Hall–Kier alpha value is -1.96. The van der Waals surface area contributed by atoms with Crippen molar-refractivity contribution in [3.63, 3.8) is 0 Å². The molecule has 1 aromatic rings. The standard InChI is InChI=1S/C10H13N3O5/c1-5-11-8(12-18-5)9(14)13(2)7-4-17-3-6(7)10(15)16/h6-7H,3-4H2,1-2H3,(H,15,16). The average Bonchev–Trinajstić information content (AvgIpc) is 2.95. The van der Waals surface area contributed by atoms with Crippen LogP contribution in [0, 0.1) is 12.8 Å². The van der Waals surface area contributed by atoms with Crippen LogP contribution in [0.15, 0.2) is 4.52 Å². The van der Waals surface area contributed by atoms with Crippen LogP contribution < -0.4 is 0 Å². The first-order chi connectivity index (χ1) is 8.50. The summed E-state index contributed by atoms with van der Waals surface area (Å²) in [7, 11) is 1.50. The van der Waals surface area contributed by atoms with Crippen LogP contribution in [0.3, 0.4) is 0 Å². The van der Waals surface area contributed by atoms with Crippen molar-refractivity contribution in [2.45, 2.75) is 13.0 Å². The molecule has 1 aliphatic rings. The predicted octanol–water partition coefficient (Wildman–Crippen LogP) is -0.450. The molecule has 1 saturated heterocycles. The zero-order valence-electron chi connectivity index (χ0n) is 9.99. The van der Waals surface area contributed by atoms with E-state index in [0.717, 1.165) is 0 Å². The summed E-state index contributed by atoms with van der Waals surface area (Å²) in [5, 5.41) is 12.5. The summed E-state index contributed by atoms with van der Waals surface area (Å²) in [4.78, 5) is 28.1. The third-order valence-electron chi connectivity index (χ3n) is 2.90. The van der Waals surface area contributed by atoms with Crippen LogP contribution in [0.1, 0.15) is 16.5 Å². The molecule has 1 aromatic heterocycles. The van der Waals surface area contributed by atoms with Gasteiger partial charge in [-0.3, -0.25) is 9.59 Å². The first-order valence-electron chi connectivity index (χ1n) is 5.38. The van der Waals surface area contributed by atoms with E-state index in [1.165, 1.54) is 11.9 Å². The predicted molar refractivity (Wildman–Crippen MR) is 56.9 cm³/mol. The van der Waals surface area contributed by atoms with Crippen molar-refractivity contribution in [3.05, 3.63) is 11.7 Å². The van der Waals surface area contributed by atoms with Gasteiger partial charge in [0, 0.05) is 14.0 Å². The normalized spacial score (nSPS) is 23.0. The van der Waals surface area contributed by atoms with Crippen molar-refractivity contribution < 1.29 is 24.0 Å². The van der Waals surface area contributed by atoms with E-state index < -0.39 is 23.8 Å². The van der Waals surface area contributed by atoms with Crippen LogP contribution >= 0.6 is 0 Å². The number of carbonyl (C=O) groups excluding carboxylic acids is 1. The van der Waals surface area contributed by atoms with E-state index in [1.807, 2.05) is 0 Å². The van der Waals surface area contributed by atoms with Crippen molar-refractivity contribution >= 4 is 11.9 Å². The Bertz CT molecular complexity index is 472. The van der Waals surface area contributed by atoms with Crippen molar-refractivity contribution in [3.8, 4) is 0 Å². The molecular formula is C10H13N3O5. The molecule has 1 aliphatic heterocycles. The number of amides is 1. The number of ether oxygens (including phenoxy) is 1. The summed E-state index contributed by atoms with van der Waals surface area (Å²) >= 11 is 0. The van der Waals surface area contributed by atoms with Crippen molar-refractivity contribution in [1.29, 1.82) is 0 Å². The molecule has 1 N–H and O–H groups in total. The van der Waals surface area contributed by atoms with Gasteiger partial charge in [-0.05, 0) is 0 Å². The molecule has 2 rings (SSSR count). The van der Waals surface area contributed by atoms with Gasteiger partial charge >= 0.3 is 5.97 Å². The number of likely N-dealkylation sites (N-methyl/N-ethyl adjacent to an activating group) is 1. The van der Waals surface area contributed by atoms with E-state index in [1.54, 1.807) is 6.92 Å². The zero-order chi connectivity index (χ0) is 13.3. The third-order valence-corrected chi connectivity index (χ3v) is 2.90. The van der Waals surface area contributed by atoms with Crippen molar-refractivity contribution in [2.24, 2.45) is 5.92 Å². The molecule has 2 unspecified atom stereocenters. The maximum atomic E-state index is 12.0. The first kappa shape index (κ1) is 12.5. The lowest BCUT2D eigenvalue weighted by atomic mass is 10.0. The van der Waals surface area contributed by atoms with Gasteiger partial charge in [0.2, 0.25) is 5.89 Å². The van der Waals surface area contributed by atoms with Crippen LogP contribution in [0.2, 0.25) is 0 Å². The van der Waals surface area contributed by atoms with Crippen LogP contribution in [-0.2, 0) is 9.53 Å². The van der Waals surface area contributed by atoms with Crippen LogP contribution in [0.4, 0.5) is 0 Å². The molecule has 8 nitrogen and oxygen atoms in total. The minimum atomic E-state index is -0.985. The van der Waals surface area contributed by atoms with Crippen LogP contribution in [-0.4, -0.2) is 58.3 Å². The van der Waals surface area contributed by atoms with Crippen LogP contribution in [0.5, 0.6) is 0 Å². The summed E-state index contributed by atoms with van der Waals surface area (Å²) in [6.45, 7) is 1.86. The monoisotopic (exact) mass is 255 g/mol. The highest BCUT2D eigenvalue weighted by Gasteiger charge is 2.39. The van der Waals surface area contributed by atoms with E-state index in [0.29, 0.717) is 0 Å². The molecule has 2 atom stereocenters. The quantitative estimate of drug-likeness (QED) is 0.779. The largest absolute Gasteiger partial charge is 0.481 e. The molecule has 0 radical (unpaired) electrons. The number of aryl methyl sites for hydroxylation is 1. The average molecular weight is 255 g/mol. The molecule has 0 bridgehead atoms. The minimum absolute atomic E-state index is 0.0777. The van der Waals surface area contributed by atoms with Crippen molar-refractivity contribution in [2.75, 3.05) is 20.3 Å². The third kappa shape index (κ3) is 2.19. The maximum absolute atomic E-state index is 12.0. The zero-order valence-corrected chi connectivity index (χ0v) is 9.99. The Morgan fingerprint density at radius 3 is 2.72 bits per heavy atom. The van der Waals surface area contributed by atoms with E-state index >= 15 is 0 Å². The lowest BCUT2D eigenvalue weighted by molar-refractivity contribution is -0.142. The molecule has 0 aromatic carbocycles. The second-order valence-electron chi connectivity index (χ2n) is 4.10. The Balaban J connectivity index is 2.13. The van der Waals surface area contributed by atoms with Gasteiger partial charge < -0.3 is 19.3 Å². The van der Waals surface area contributed by atoms with E-state index in [9.17, 15) is 9.59 Å². The lowest BCUT2D eigenvalue weighted by Crippen LogP contribution is -2.44. The highest BCUT2D eigenvalue weighted by Crippen LogP contribution is 2.20. The molecule has 18 heavy (non-hydrogen) atoms. The molecule has 0 spiro atoms. The number of carbonyl (C=O) groups is 2. The Labute approximate surface area is 103 Å². The second kappa shape index (κ2) is 4.73. The van der Waals surface area contributed by atoms with Crippen molar-refractivity contribution in [1.82, 2.24) is 15.0 Å². The molecule has 8 heteroatoms. The van der Waals surface area contributed by atoms with E-state index in [4.69, 9.17) is 14.4 Å². The maximum Gasteiger partial charge on any atom is 0.311 e. The summed E-state index contributed by atoms with van der Waals surface area (Å²) in [6.07, 6.45) is 0. The summed E-state index contributed by atoms with van der Waals surface area (Å²) in [5.41, 5.74) is 0. The van der Waals surface area contributed by atoms with Gasteiger partial charge in [0.05, 0.1) is 19.3 Å². The number of hydrogen-bond acceptors (Lipinski definition) is 6. The Morgan fingerprint density at radius 2 is 2.17 bits per heavy atom. The molecule has 2 heterocycles. The number of aliphatic carboxylic acids is 1. The minimum Gasteiger partial charge on any atom is -0.481 e. The Morgan fingerprint density at radius 1 is 1.44 bits per heavy atom. The molecule has 0 saturated carbocycles. The van der Waals surface area contributed by atoms with Gasteiger partial charge in [0.15, 0.2) is 0 Å². The molecular weight excluding hydrogens is 242 g/mol. The van der Waals surface area contributed by atoms with Crippen LogP contribution in [0.25, 0.3) is 0 Å². The van der Waals surface area contributed by atoms with Gasteiger partial charge in [-0.2, -0.15) is 4.98 Å². The topological polar surface area (TPSA) is 106 Å². The lowest BCUT2D eigenvalue weighted by Gasteiger charge is -2.24. The Kier molecular flexibility index (Phi) is 3.28. The second-order valence-corrected chi connectivity index (χ2v) is 4.10. The highest BCUT2D eigenvalue weighted by atomic mass is 16.5. The van der Waals surface area contributed by atoms with Gasteiger partial charge in [-0.25, -0.2) is 0 Å². The number of aromatic nitrogens is 2. The smallest absolute Gasteiger partial charge is 0.311 e. The number of carboxylic acids is 1. The molecule has 1 fully saturated rings. The summed E-state index contributed by atoms with van der Waals surface area (Å²) < 4.78 is 9.82. The molecule has 0 aliphatic carbocycles. The summed E-state index contributed by atoms with van der Waals surface area (Å²) in [5.74, 6) is -1.99. The summed E-state index contributed by atoms with van der Waals surface area (Å²) in [6, 6.07) is -0.520. The first-order valence-corrected chi connectivity index (χ1v) is 5.38. The molecule has 1 amide bonds. The number of nitrogens with zero attached hydrogens (tertiary/aromatic N) is 3.